The van der Waals surface area contributed by atoms with Gasteiger partial charge in [0.05, 0.1) is 18.1 Å². The van der Waals surface area contributed by atoms with Gasteiger partial charge in [-0.25, -0.2) is 0 Å². The van der Waals surface area contributed by atoms with E-state index in [4.69, 9.17) is 4.74 Å². The van der Waals surface area contributed by atoms with Crippen molar-refractivity contribution in [1.82, 2.24) is 0 Å². The second kappa shape index (κ2) is 7.67. The molecule has 0 saturated heterocycles. The van der Waals surface area contributed by atoms with Crippen LogP contribution in [-0.2, 0) is 4.74 Å². The molecule has 0 amide bonds. The fraction of sp³-hybridized carbons (Fsp3) is 0.500. The largest absolute Gasteiger partial charge is 0.487 e. The number of nitro groups is 1. The number of para-hydroxylation sites is 1. The minimum atomic E-state index is -4.39. The molecule has 0 bridgehead atoms. The van der Waals surface area contributed by atoms with E-state index in [1.807, 2.05) is 0 Å². The predicted molar refractivity (Wildman–Crippen MR) is 69.6 cm³/mol. The number of nitrogens with one attached hydrogen (secondary N) is 1. The zero-order chi connectivity index (χ0) is 15.9. The predicted octanol–water partition coefficient (Wildman–Crippen LogP) is 2.98. The van der Waals surface area contributed by atoms with Crippen LogP contribution in [0.3, 0.4) is 0 Å². The highest BCUT2D eigenvalue weighted by molar-refractivity contribution is 5.68. The summed E-state index contributed by atoms with van der Waals surface area (Å²) in [6.45, 7) is 0.381. The van der Waals surface area contributed by atoms with Crippen molar-refractivity contribution in [3.05, 3.63) is 28.3 Å². The lowest BCUT2D eigenvalue weighted by atomic mass is 10.2. The van der Waals surface area contributed by atoms with Crippen LogP contribution in [0, 0.1) is 10.1 Å². The third-order valence-electron chi connectivity index (χ3n) is 2.31. The molecule has 1 rings (SSSR count). The van der Waals surface area contributed by atoms with Crippen LogP contribution < -0.4 is 10.1 Å². The zero-order valence-electron chi connectivity index (χ0n) is 11.3. The summed E-state index contributed by atoms with van der Waals surface area (Å²) in [4.78, 5) is 10.4. The van der Waals surface area contributed by atoms with Crippen molar-refractivity contribution >= 4 is 11.4 Å². The summed E-state index contributed by atoms with van der Waals surface area (Å²) in [6, 6.07) is 4.45. The summed E-state index contributed by atoms with van der Waals surface area (Å²) >= 11 is 0. The van der Waals surface area contributed by atoms with Crippen molar-refractivity contribution in [2.75, 3.05) is 31.7 Å². The van der Waals surface area contributed by atoms with Crippen LogP contribution in [-0.4, -0.2) is 37.5 Å². The van der Waals surface area contributed by atoms with Crippen LogP contribution in [0.4, 0.5) is 24.5 Å². The topological polar surface area (TPSA) is 73.6 Å². The number of ether oxygens (including phenoxy) is 2. The number of rotatable bonds is 8. The lowest BCUT2D eigenvalue weighted by Crippen LogP contribution is -2.20. The van der Waals surface area contributed by atoms with Gasteiger partial charge in [0.2, 0.25) is 0 Å². The van der Waals surface area contributed by atoms with Crippen molar-refractivity contribution in [1.29, 1.82) is 0 Å². The maximum absolute atomic E-state index is 11.9. The molecule has 0 unspecified atom stereocenters. The Labute approximate surface area is 119 Å². The molecule has 118 valence electrons. The Kier molecular flexibility index (Phi) is 6.22. The second-order valence-electron chi connectivity index (χ2n) is 3.94. The second-order valence-corrected chi connectivity index (χ2v) is 3.94. The van der Waals surface area contributed by atoms with Crippen LogP contribution in [0.2, 0.25) is 0 Å². The summed E-state index contributed by atoms with van der Waals surface area (Å²) in [5.41, 5.74) is -0.0864. The molecule has 0 saturated carbocycles. The van der Waals surface area contributed by atoms with Gasteiger partial charge < -0.3 is 14.8 Å². The van der Waals surface area contributed by atoms with Gasteiger partial charge in [-0.3, -0.25) is 10.1 Å². The van der Waals surface area contributed by atoms with Crippen LogP contribution in [0.5, 0.6) is 5.75 Å². The molecule has 0 spiro atoms. The number of anilines is 1. The van der Waals surface area contributed by atoms with Gasteiger partial charge in [0.25, 0.3) is 0 Å². The summed E-state index contributed by atoms with van der Waals surface area (Å²) < 4.78 is 45.1. The molecule has 0 atom stereocenters. The lowest BCUT2D eigenvalue weighted by molar-refractivity contribution is -0.384. The third kappa shape index (κ3) is 5.86. The number of nitro benzene ring substituents is 1. The van der Waals surface area contributed by atoms with Crippen molar-refractivity contribution < 1.29 is 27.6 Å². The first-order valence-electron chi connectivity index (χ1n) is 6.13. The van der Waals surface area contributed by atoms with Gasteiger partial charge in [0, 0.05) is 6.54 Å². The molecule has 21 heavy (non-hydrogen) atoms. The van der Waals surface area contributed by atoms with Gasteiger partial charge in [-0.05, 0) is 19.1 Å². The van der Waals surface area contributed by atoms with Crippen molar-refractivity contribution in [3.63, 3.8) is 0 Å². The summed E-state index contributed by atoms with van der Waals surface area (Å²) in [6.07, 6.45) is -4.39. The zero-order valence-corrected chi connectivity index (χ0v) is 11.3. The Morgan fingerprint density at radius 2 is 2.10 bits per heavy atom. The highest BCUT2D eigenvalue weighted by Gasteiger charge is 2.27. The number of benzene rings is 1. The van der Waals surface area contributed by atoms with E-state index in [-0.39, 0.29) is 36.9 Å². The Balaban J connectivity index is 2.62. The molecule has 0 aromatic heterocycles. The Morgan fingerprint density at radius 1 is 1.38 bits per heavy atom. The molecule has 1 N–H and O–H groups in total. The normalized spacial score (nSPS) is 11.2. The lowest BCUT2D eigenvalue weighted by Gasteiger charge is -2.11. The molecule has 0 fully saturated rings. The van der Waals surface area contributed by atoms with Gasteiger partial charge >= 0.3 is 11.9 Å². The van der Waals surface area contributed by atoms with Crippen molar-refractivity contribution in [2.24, 2.45) is 0 Å². The average Bonchev–Trinajstić information content (AvgIpc) is 2.37. The van der Waals surface area contributed by atoms with Crippen LogP contribution in [0.25, 0.3) is 0 Å². The van der Waals surface area contributed by atoms with E-state index < -0.39 is 17.7 Å². The van der Waals surface area contributed by atoms with E-state index in [1.54, 1.807) is 13.0 Å². The highest BCUT2D eigenvalue weighted by atomic mass is 19.4. The van der Waals surface area contributed by atoms with Crippen molar-refractivity contribution in [2.45, 2.75) is 13.1 Å². The number of halogens is 3. The van der Waals surface area contributed by atoms with Gasteiger partial charge in [-0.2, -0.15) is 13.2 Å². The van der Waals surface area contributed by atoms with Gasteiger partial charge in [0.1, 0.15) is 12.3 Å². The standard InChI is InChI=1S/C12H15F3N2O4/c1-2-21-10-5-3-4-9(11(10)17(18)19)16-6-7-20-8-12(13,14)15/h3-5,16H,2,6-8H2,1H3. The molecule has 6 nitrogen and oxygen atoms in total. The van der Waals surface area contributed by atoms with Gasteiger partial charge in [-0.1, -0.05) is 6.07 Å². The summed E-state index contributed by atoms with van der Waals surface area (Å²) in [7, 11) is 0. The Bertz CT molecular complexity index is 480. The van der Waals surface area contributed by atoms with E-state index in [9.17, 15) is 23.3 Å². The first-order valence-corrected chi connectivity index (χ1v) is 6.13. The molecular formula is C12H15F3N2O4. The minimum absolute atomic E-state index is 0.00645. The quantitative estimate of drug-likeness (QED) is 0.454. The Hall–Kier alpha value is -2.03. The first-order chi connectivity index (χ1) is 9.85. The molecule has 0 aliphatic heterocycles. The molecular weight excluding hydrogens is 293 g/mol. The average molecular weight is 308 g/mol. The number of hydrogen-bond donors (Lipinski definition) is 1. The van der Waals surface area contributed by atoms with E-state index in [2.05, 4.69) is 10.1 Å². The van der Waals surface area contributed by atoms with Gasteiger partial charge in [0.15, 0.2) is 5.75 Å². The van der Waals surface area contributed by atoms with Crippen LogP contribution in [0.15, 0.2) is 18.2 Å². The molecule has 0 radical (unpaired) electrons. The van der Waals surface area contributed by atoms with E-state index in [1.165, 1.54) is 12.1 Å². The number of nitrogens with zero attached hydrogens (tertiary/aromatic N) is 1. The maximum Gasteiger partial charge on any atom is 0.411 e. The van der Waals surface area contributed by atoms with E-state index in [0.717, 1.165) is 0 Å². The summed E-state index contributed by atoms with van der Waals surface area (Å²) in [5, 5.41) is 13.7. The first kappa shape index (κ1) is 17.0. The minimum Gasteiger partial charge on any atom is -0.487 e. The molecule has 9 heteroatoms. The van der Waals surface area contributed by atoms with E-state index in [0.29, 0.717) is 0 Å². The number of alkyl halides is 3. The Morgan fingerprint density at radius 3 is 2.67 bits per heavy atom. The maximum atomic E-state index is 11.9. The third-order valence-corrected chi connectivity index (χ3v) is 2.31. The SMILES string of the molecule is CCOc1cccc(NCCOCC(F)(F)F)c1[N+](=O)[O-]. The smallest absolute Gasteiger partial charge is 0.411 e. The molecule has 1 aromatic rings. The highest BCUT2D eigenvalue weighted by Crippen LogP contribution is 2.34. The monoisotopic (exact) mass is 308 g/mol. The molecule has 0 aliphatic carbocycles. The van der Waals surface area contributed by atoms with Crippen LogP contribution >= 0.6 is 0 Å². The molecule has 0 heterocycles. The van der Waals surface area contributed by atoms with Crippen LogP contribution in [0.1, 0.15) is 6.92 Å². The number of hydrogen-bond acceptors (Lipinski definition) is 5. The van der Waals surface area contributed by atoms with E-state index >= 15 is 0 Å². The van der Waals surface area contributed by atoms with Crippen molar-refractivity contribution in [3.8, 4) is 5.75 Å². The molecule has 1 aromatic carbocycles. The fourth-order valence-corrected chi connectivity index (χ4v) is 1.57. The van der Waals surface area contributed by atoms with Gasteiger partial charge in [-0.15, -0.1) is 0 Å². The molecule has 0 aliphatic rings. The fourth-order valence-electron chi connectivity index (χ4n) is 1.57. The summed E-state index contributed by atoms with van der Waals surface area (Å²) in [5.74, 6) is 0.101.